The summed E-state index contributed by atoms with van der Waals surface area (Å²) in [7, 11) is 0. The number of furan rings is 1. The number of hydrogen-bond acceptors (Lipinski definition) is 4. The number of hydrogen-bond donors (Lipinski definition) is 2. The second kappa shape index (κ2) is 6.73. The van der Waals surface area contributed by atoms with Crippen LogP contribution >= 0.6 is 0 Å². The molecule has 1 aromatic carbocycles. The number of benzene rings is 1. The largest absolute Gasteiger partial charge is 0.491 e. The molecule has 102 valence electrons. The third kappa shape index (κ3) is 3.95. The maximum Gasteiger partial charge on any atom is 0.144 e. The van der Waals surface area contributed by atoms with Crippen LogP contribution in [0, 0.1) is 0 Å². The molecule has 1 aromatic heterocycles. The van der Waals surface area contributed by atoms with Gasteiger partial charge in [-0.3, -0.25) is 0 Å². The zero-order chi connectivity index (χ0) is 13.5. The summed E-state index contributed by atoms with van der Waals surface area (Å²) in [5.74, 6) is 1.72. The van der Waals surface area contributed by atoms with Crippen LogP contribution in [0.2, 0.25) is 0 Å². The highest BCUT2D eigenvalue weighted by Crippen LogP contribution is 2.25. The number of rotatable bonds is 7. The van der Waals surface area contributed by atoms with Gasteiger partial charge >= 0.3 is 0 Å². The van der Waals surface area contributed by atoms with Gasteiger partial charge in [0.25, 0.3) is 0 Å². The van der Waals surface area contributed by atoms with E-state index >= 15 is 0 Å². The normalized spacial score (nSPS) is 10.4. The van der Waals surface area contributed by atoms with Crippen molar-refractivity contribution < 1.29 is 9.15 Å². The van der Waals surface area contributed by atoms with Crippen molar-refractivity contribution in [1.82, 2.24) is 0 Å². The predicted octanol–water partition coefficient (Wildman–Crippen LogP) is 3.31. The van der Waals surface area contributed by atoms with Gasteiger partial charge in [0.2, 0.25) is 0 Å². The summed E-state index contributed by atoms with van der Waals surface area (Å²) in [5.41, 5.74) is 7.55. The van der Waals surface area contributed by atoms with Crippen molar-refractivity contribution in [3.63, 3.8) is 0 Å². The third-order valence-corrected chi connectivity index (χ3v) is 2.76. The summed E-state index contributed by atoms with van der Waals surface area (Å²) in [5, 5.41) is 3.33. The van der Waals surface area contributed by atoms with E-state index in [1.807, 2.05) is 30.3 Å². The molecule has 19 heavy (non-hydrogen) atoms. The molecule has 0 saturated carbocycles. The second-order valence-electron chi connectivity index (χ2n) is 4.36. The molecular weight excluding hydrogens is 240 g/mol. The average molecular weight is 260 g/mol. The molecule has 2 rings (SSSR count). The van der Waals surface area contributed by atoms with Gasteiger partial charge in [0.15, 0.2) is 0 Å². The minimum Gasteiger partial charge on any atom is -0.491 e. The fourth-order valence-electron chi connectivity index (χ4n) is 1.77. The number of ether oxygens (including phenoxy) is 1. The standard InChI is InChI=1S/C15H20N2O2/c1-2-9-19-15-11-12(5-6-14(15)16)17-8-7-13-4-3-10-18-13/h3-6,10-11,17H,2,7-9,16H2,1H3. The molecule has 0 unspecified atom stereocenters. The molecule has 0 amide bonds. The summed E-state index contributed by atoms with van der Waals surface area (Å²) < 4.78 is 10.9. The van der Waals surface area contributed by atoms with E-state index in [-0.39, 0.29) is 0 Å². The number of nitrogens with one attached hydrogen (secondary N) is 1. The monoisotopic (exact) mass is 260 g/mol. The van der Waals surface area contributed by atoms with E-state index in [9.17, 15) is 0 Å². The van der Waals surface area contributed by atoms with Crippen molar-refractivity contribution in [3.05, 3.63) is 42.4 Å². The molecule has 0 aliphatic carbocycles. The van der Waals surface area contributed by atoms with Crippen molar-refractivity contribution in [2.45, 2.75) is 19.8 Å². The van der Waals surface area contributed by atoms with Gasteiger partial charge in [0.05, 0.1) is 18.6 Å². The van der Waals surface area contributed by atoms with Gasteiger partial charge in [0.1, 0.15) is 11.5 Å². The van der Waals surface area contributed by atoms with Crippen LogP contribution in [0.25, 0.3) is 0 Å². The van der Waals surface area contributed by atoms with E-state index < -0.39 is 0 Å². The first kappa shape index (κ1) is 13.3. The lowest BCUT2D eigenvalue weighted by molar-refractivity contribution is 0.319. The zero-order valence-corrected chi connectivity index (χ0v) is 11.2. The summed E-state index contributed by atoms with van der Waals surface area (Å²) in [4.78, 5) is 0. The molecule has 0 fully saturated rings. The van der Waals surface area contributed by atoms with E-state index in [0.29, 0.717) is 12.3 Å². The lowest BCUT2D eigenvalue weighted by Gasteiger charge is -2.11. The minimum atomic E-state index is 0.671. The molecule has 3 N–H and O–H groups in total. The van der Waals surface area contributed by atoms with Crippen molar-refractivity contribution in [1.29, 1.82) is 0 Å². The molecular formula is C15H20N2O2. The molecule has 2 aromatic rings. The van der Waals surface area contributed by atoms with E-state index in [1.165, 1.54) is 0 Å². The van der Waals surface area contributed by atoms with Crippen LogP contribution in [0.5, 0.6) is 5.75 Å². The van der Waals surface area contributed by atoms with Crippen LogP contribution in [0.1, 0.15) is 19.1 Å². The fourth-order valence-corrected chi connectivity index (χ4v) is 1.77. The molecule has 4 nitrogen and oxygen atoms in total. The van der Waals surface area contributed by atoms with Crippen molar-refractivity contribution in [3.8, 4) is 5.75 Å². The Bertz CT molecular complexity index is 495. The van der Waals surface area contributed by atoms with E-state index in [0.717, 1.165) is 36.6 Å². The van der Waals surface area contributed by atoms with Crippen molar-refractivity contribution in [2.75, 3.05) is 24.2 Å². The molecule has 0 aliphatic heterocycles. The van der Waals surface area contributed by atoms with Gasteiger partial charge < -0.3 is 20.2 Å². The summed E-state index contributed by atoms with van der Waals surface area (Å²) >= 11 is 0. The van der Waals surface area contributed by atoms with Gasteiger partial charge in [-0.1, -0.05) is 6.92 Å². The van der Waals surface area contributed by atoms with Gasteiger partial charge in [0, 0.05) is 24.7 Å². The Balaban J connectivity index is 1.89. The predicted molar refractivity (Wildman–Crippen MR) is 77.5 cm³/mol. The van der Waals surface area contributed by atoms with Gasteiger partial charge in [-0.25, -0.2) is 0 Å². The third-order valence-electron chi connectivity index (χ3n) is 2.76. The smallest absolute Gasteiger partial charge is 0.144 e. The molecule has 1 heterocycles. The molecule has 0 radical (unpaired) electrons. The van der Waals surface area contributed by atoms with Gasteiger partial charge in [-0.05, 0) is 30.7 Å². The summed E-state index contributed by atoms with van der Waals surface area (Å²) in [6.45, 7) is 3.56. The van der Waals surface area contributed by atoms with Crippen LogP contribution in [0.3, 0.4) is 0 Å². The Hall–Kier alpha value is -2.10. The summed E-state index contributed by atoms with van der Waals surface area (Å²) in [6.07, 6.45) is 3.51. The Kier molecular flexibility index (Phi) is 4.72. The molecule has 0 saturated heterocycles. The average Bonchev–Trinajstić information content (AvgIpc) is 2.92. The lowest BCUT2D eigenvalue weighted by atomic mass is 10.2. The number of anilines is 2. The maximum absolute atomic E-state index is 5.87. The topological polar surface area (TPSA) is 60.4 Å². The van der Waals surface area contributed by atoms with Gasteiger partial charge in [-0.15, -0.1) is 0 Å². The maximum atomic E-state index is 5.87. The van der Waals surface area contributed by atoms with Crippen LogP contribution in [0.4, 0.5) is 11.4 Å². The quantitative estimate of drug-likeness (QED) is 0.750. The van der Waals surface area contributed by atoms with Crippen LogP contribution in [-0.4, -0.2) is 13.2 Å². The second-order valence-corrected chi connectivity index (χ2v) is 4.36. The SMILES string of the molecule is CCCOc1cc(NCCc2ccco2)ccc1N. The number of nitrogens with two attached hydrogens (primary N) is 1. The zero-order valence-electron chi connectivity index (χ0n) is 11.2. The van der Waals surface area contributed by atoms with Crippen LogP contribution in [0.15, 0.2) is 41.0 Å². The molecule has 0 aliphatic rings. The molecule has 0 atom stereocenters. The van der Waals surface area contributed by atoms with E-state index in [4.69, 9.17) is 14.9 Å². The summed E-state index contributed by atoms with van der Waals surface area (Å²) in [6, 6.07) is 9.62. The Labute approximate surface area is 113 Å². The first-order chi connectivity index (χ1) is 9.29. The Morgan fingerprint density at radius 2 is 2.21 bits per heavy atom. The highest BCUT2D eigenvalue weighted by molar-refractivity contribution is 5.61. The number of nitrogen functional groups attached to an aromatic ring is 1. The highest BCUT2D eigenvalue weighted by Gasteiger charge is 2.02. The molecule has 4 heteroatoms. The first-order valence-electron chi connectivity index (χ1n) is 6.58. The van der Waals surface area contributed by atoms with Crippen LogP contribution in [-0.2, 0) is 6.42 Å². The van der Waals surface area contributed by atoms with Crippen LogP contribution < -0.4 is 15.8 Å². The van der Waals surface area contributed by atoms with Gasteiger partial charge in [-0.2, -0.15) is 0 Å². The Morgan fingerprint density at radius 3 is 2.95 bits per heavy atom. The molecule has 0 spiro atoms. The van der Waals surface area contributed by atoms with Crippen molar-refractivity contribution in [2.24, 2.45) is 0 Å². The minimum absolute atomic E-state index is 0.671. The lowest BCUT2D eigenvalue weighted by Crippen LogP contribution is -2.05. The van der Waals surface area contributed by atoms with E-state index in [2.05, 4.69) is 12.2 Å². The fraction of sp³-hybridized carbons (Fsp3) is 0.333. The van der Waals surface area contributed by atoms with E-state index in [1.54, 1.807) is 6.26 Å². The highest BCUT2D eigenvalue weighted by atomic mass is 16.5. The molecule has 0 bridgehead atoms. The van der Waals surface area contributed by atoms with Crippen molar-refractivity contribution >= 4 is 11.4 Å². The Morgan fingerprint density at radius 1 is 1.32 bits per heavy atom. The first-order valence-corrected chi connectivity index (χ1v) is 6.58.